The number of rotatable bonds is 4. The summed E-state index contributed by atoms with van der Waals surface area (Å²) in [5, 5.41) is 8.86. The molecular weight excluding hydrogens is 298 g/mol. The molecule has 0 bridgehead atoms. The SMILES string of the molecule is N#CN1CCC(NS(=O)N2CCN(c3ccccc3)CC2)C1. The summed E-state index contributed by atoms with van der Waals surface area (Å²) in [6, 6.07) is 10.5. The Hall–Kier alpha value is -1.62. The zero-order chi connectivity index (χ0) is 15.4. The van der Waals surface area contributed by atoms with Gasteiger partial charge in [0.1, 0.15) is 0 Å². The van der Waals surface area contributed by atoms with Crippen molar-refractivity contribution in [3.8, 4) is 6.19 Å². The van der Waals surface area contributed by atoms with Crippen LogP contribution in [0.1, 0.15) is 6.42 Å². The van der Waals surface area contributed by atoms with E-state index in [2.05, 4.69) is 27.9 Å². The number of likely N-dealkylation sites (tertiary alicyclic amines) is 1. The molecular formula is C15H21N5OS. The van der Waals surface area contributed by atoms with Crippen molar-refractivity contribution >= 4 is 16.9 Å². The Morgan fingerprint density at radius 3 is 2.50 bits per heavy atom. The van der Waals surface area contributed by atoms with Gasteiger partial charge in [0.05, 0.1) is 0 Å². The van der Waals surface area contributed by atoms with Gasteiger partial charge in [0.15, 0.2) is 17.4 Å². The third kappa shape index (κ3) is 3.58. The second-order valence-corrected chi connectivity index (χ2v) is 6.90. The molecule has 0 radical (unpaired) electrons. The summed E-state index contributed by atoms with van der Waals surface area (Å²) in [4.78, 5) is 4.03. The van der Waals surface area contributed by atoms with E-state index >= 15 is 0 Å². The number of benzene rings is 1. The van der Waals surface area contributed by atoms with Gasteiger partial charge in [-0.2, -0.15) is 5.26 Å². The highest BCUT2D eigenvalue weighted by Crippen LogP contribution is 2.16. The molecule has 1 aromatic rings. The molecule has 2 heterocycles. The zero-order valence-electron chi connectivity index (χ0n) is 12.5. The number of nitrogens with one attached hydrogen (secondary N) is 1. The van der Waals surface area contributed by atoms with Gasteiger partial charge in [0.2, 0.25) is 0 Å². The molecule has 0 aromatic heterocycles. The van der Waals surface area contributed by atoms with Crippen molar-refractivity contribution in [3.05, 3.63) is 30.3 Å². The minimum absolute atomic E-state index is 0.146. The molecule has 118 valence electrons. The second kappa shape index (κ2) is 7.09. The van der Waals surface area contributed by atoms with E-state index in [9.17, 15) is 4.21 Å². The van der Waals surface area contributed by atoms with Crippen LogP contribution in [0.2, 0.25) is 0 Å². The summed E-state index contributed by atoms with van der Waals surface area (Å²) in [6.45, 7) is 4.74. The van der Waals surface area contributed by atoms with E-state index in [1.165, 1.54) is 5.69 Å². The van der Waals surface area contributed by atoms with E-state index in [0.29, 0.717) is 6.54 Å². The lowest BCUT2D eigenvalue weighted by atomic mass is 10.2. The Balaban J connectivity index is 1.47. The third-order valence-corrected chi connectivity index (χ3v) is 5.56. The smallest absolute Gasteiger partial charge is 0.179 e. The van der Waals surface area contributed by atoms with E-state index in [1.807, 2.05) is 22.5 Å². The Morgan fingerprint density at radius 2 is 1.86 bits per heavy atom. The minimum Gasteiger partial charge on any atom is -0.369 e. The normalized spacial score (nSPS) is 24.2. The Bertz CT molecular complexity index is 553. The first kappa shape index (κ1) is 15.3. The van der Waals surface area contributed by atoms with Crippen molar-refractivity contribution in [1.29, 1.82) is 5.26 Å². The van der Waals surface area contributed by atoms with E-state index in [4.69, 9.17) is 5.26 Å². The van der Waals surface area contributed by atoms with Crippen LogP contribution >= 0.6 is 0 Å². The summed E-state index contributed by atoms with van der Waals surface area (Å²) in [5.74, 6) is 0. The van der Waals surface area contributed by atoms with Crippen molar-refractivity contribution in [2.24, 2.45) is 0 Å². The first-order chi connectivity index (χ1) is 10.8. The molecule has 0 saturated carbocycles. The molecule has 1 aromatic carbocycles. The van der Waals surface area contributed by atoms with Crippen LogP contribution in [-0.2, 0) is 11.2 Å². The Kier molecular flexibility index (Phi) is 4.93. The average Bonchev–Trinajstić information content (AvgIpc) is 3.03. The first-order valence-electron chi connectivity index (χ1n) is 7.64. The molecule has 2 saturated heterocycles. The van der Waals surface area contributed by atoms with Crippen LogP contribution < -0.4 is 9.62 Å². The monoisotopic (exact) mass is 319 g/mol. The molecule has 0 spiro atoms. The Labute approximate surface area is 134 Å². The van der Waals surface area contributed by atoms with Crippen LogP contribution in [0, 0.1) is 11.5 Å². The maximum atomic E-state index is 12.4. The standard InChI is InChI=1S/C15H21N5OS/c16-13-18-7-6-14(12-18)17-22(21)20-10-8-19(9-11-20)15-4-2-1-3-5-15/h1-5,14,17H,6-12H2. The van der Waals surface area contributed by atoms with Crippen molar-refractivity contribution in [2.45, 2.75) is 12.5 Å². The fourth-order valence-electron chi connectivity index (χ4n) is 2.92. The molecule has 2 fully saturated rings. The lowest BCUT2D eigenvalue weighted by Gasteiger charge is -2.35. The fraction of sp³-hybridized carbons (Fsp3) is 0.533. The van der Waals surface area contributed by atoms with Crippen molar-refractivity contribution in [2.75, 3.05) is 44.2 Å². The molecule has 2 atom stereocenters. The number of para-hydroxylation sites is 1. The van der Waals surface area contributed by atoms with Crippen LogP contribution in [0.15, 0.2) is 30.3 Å². The molecule has 6 nitrogen and oxygen atoms in total. The molecule has 2 aliphatic rings. The summed E-state index contributed by atoms with van der Waals surface area (Å²) < 4.78 is 17.5. The minimum atomic E-state index is -1.16. The maximum absolute atomic E-state index is 12.4. The van der Waals surface area contributed by atoms with Gasteiger partial charge in [-0.05, 0) is 18.6 Å². The second-order valence-electron chi connectivity index (χ2n) is 5.65. The van der Waals surface area contributed by atoms with E-state index < -0.39 is 11.2 Å². The number of nitrogens with zero attached hydrogens (tertiary/aromatic N) is 4. The van der Waals surface area contributed by atoms with E-state index in [1.54, 1.807) is 4.90 Å². The van der Waals surface area contributed by atoms with Crippen LogP contribution in [0.5, 0.6) is 0 Å². The largest absolute Gasteiger partial charge is 0.369 e. The van der Waals surface area contributed by atoms with Gasteiger partial charge in [-0.1, -0.05) is 18.2 Å². The average molecular weight is 319 g/mol. The summed E-state index contributed by atoms with van der Waals surface area (Å²) in [5.41, 5.74) is 1.22. The summed E-state index contributed by atoms with van der Waals surface area (Å²) in [7, 11) is 0. The third-order valence-electron chi connectivity index (χ3n) is 4.19. The highest BCUT2D eigenvalue weighted by molar-refractivity contribution is 7.80. The van der Waals surface area contributed by atoms with E-state index in [0.717, 1.165) is 39.1 Å². The molecule has 1 N–H and O–H groups in total. The van der Waals surface area contributed by atoms with Gasteiger partial charge in [-0.3, -0.25) is 0 Å². The Morgan fingerprint density at radius 1 is 1.14 bits per heavy atom. The van der Waals surface area contributed by atoms with Gasteiger partial charge in [-0.15, -0.1) is 0 Å². The van der Waals surface area contributed by atoms with Gasteiger partial charge in [0.25, 0.3) is 0 Å². The number of nitriles is 1. The molecule has 7 heteroatoms. The predicted octanol–water partition coefficient (Wildman–Crippen LogP) is 0.532. The highest BCUT2D eigenvalue weighted by atomic mass is 32.2. The molecule has 2 unspecified atom stereocenters. The molecule has 0 aliphatic carbocycles. The maximum Gasteiger partial charge on any atom is 0.179 e. The quantitative estimate of drug-likeness (QED) is 0.823. The number of anilines is 1. The predicted molar refractivity (Wildman–Crippen MR) is 87.1 cm³/mol. The van der Waals surface area contributed by atoms with Gasteiger partial charge in [0, 0.05) is 51.0 Å². The molecule has 0 amide bonds. The van der Waals surface area contributed by atoms with Crippen molar-refractivity contribution < 1.29 is 4.21 Å². The van der Waals surface area contributed by atoms with Crippen molar-refractivity contribution in [3.63, 3.8) is 0 Å². The van der Waals surface area contributed by atoms with Crippen LogP contribution in [-0.4, -0.2) is 58.7 Å². The highest BCUT2D eigenvalue weighted by Gasteiger charge is 2.27. The lowest BCUT2D eigenvalue weighted by molar-refractivity contribution is 0.401. The van der Waals surface area contributed by atoms with Crippen LogP contribution in [0.25, 0.3) is 0 Å². The fourth-order valence-corrected chi connectivity index (χ4v) is 4.04. The van der Waals surface area contributed by atoms with Crippen molar-refractivity contribution in [1.82, 2.24) is 13.9 Å². The van der Waals surface area contributed by atoms with Crippen LogP contribution in [0.3, 0.4) is 0 Å². The molecule has 2 aliphatic heterocycles. The zero-order valence-corrected chi connectivity index (χ0v) is 13.3. The number of piperazine rings is 1. The van der Waals surface area contributed by atoms with Crippen LogP contribution in [0.4, 0.5) is 5.69 Å². The number of hydrogen-bond acceptors (Lipinski definition) is 4. The molecule has 3 rings (SSSR count). The molecule has 22 heavy (non-hydrogen) atoms. The van der Waals surface area contributed by atoms with Gasteiger partial charge < -0.3 is 9.80 Å². The lowest BCUT2D eigenvalue weighted by Crippen LogP contribution is -2.51. The first-order valence-corrected chi connectivity index (χ1v) is 8.74. The summed E-state index contributed by atoms with van der Waals surface area (Å²) in [6.07, 6.45) is 3.02. The van der Waals surface area contributed by atoms with E-state index in [-0.39, 0.29) is 6.04 Å². The number of hydrogen-bond donors (Lipinski definition) is 1. The topological polar surface area (TPSA) is 62.6 Å². The van der Waals surface area contributed by atoms with Gasteiger partial charge >= 0.3 is 0 Å². The van der Waals surface area contributed by atoms with Gasteiger partial charge in [-0.25, -0.2) is 13.2 Å². The summed E-state index contributed by atoms with van der Waals surface area (Å²) >= 11 is -1.16.